The fraction of sp³-hybridized carbons (Fsp3) is 0.458. The molecule has 1 heterocycles. The molecule has 0 aromatic heterocycles. The van der Waals surface area contributed by atoms with E-state index in [1.807, 2.05) is 0 Å². The SMILES string of the molecule is CCOC(=O)N1c2cc(OC)c(OC)cc2[C@H]([C@@H](F)c2cc(C(F)(F)F)cc(C(F)(F)F)c2)C[C@@H]1C. The summed E-state index contributed by atoms with van der Waals surface area (Å²) in [7, 11) is 2.64. The molecule has 1 aliphatic rings. The van der Waals surface area contributed by atoms with Gasteiger partial charge in [-0.05, 0) is 55.7 Å². The molecule has 0 aliphatic carbocycles. The standard InChI is InChI=1S/C24H24F7NO4/c1-5-36-22(33)32-12(2)6-17(16-10-19(34-3)20(35-4)11-18(16)32)21(25)13-7-14(23(26,27)28)9-15(8-13)24(29,30)31/h7-12,17,21H,5-6H2,1-4H3/t12-,17+,21-/m0/s1. The van der Waals surface area contributed by atoms with Gasteiger partial charge in [0.2, 0.25) is 0 Å². The normalized spacial score (nSPS) is 18.9. The quantitative estimate of drug-likeness (QED) is 0.386. The Hall–Kier alpha value is -3.18. The summed E-state index contributed by atoms with van der Waals surface area (Å²) in [6.45, 7) is 3.21. The lowest BCUT2D eigenvalue weighted by Gasteiger charge is -2.40. The van der Waals surface area contributed by atoms with Gasteiger partial charge in [0.15, 0.2) is 11.5 Å². The molecule has 0 spiro atoms. The highest BCUT2D eigenvalue weighted by molar-refractivity contribution is 5.91. The van der Waals surface area contributed by atoms with Crippen LogP contribution in [0, 0.1) is 0 Å². The smallest absolute Gasteiger partial charge is 0.416 e. The van der Waals surface area contributed by atoms with Crippen molar-refractivity contribution in [2.24, 2.45) is 0 Å². The molecule has 2 aromatic carbocycles. The van der Waals surface area contributed by atoms with Crippen molar-refractivity contribution in [3.05, 3.63) is 52.6 Å². The topological polar surface area (TPSA) is 48.0 Å². The summed E-state index contributed by atoms with van der Waals surface area (Å²) in [5.41, 5.74) is -3.70. The van der Waals surface area contributed by atoms with E-state index >= 15 is 4.39 Å². The molecular weight excluding hydrogens is 499 g/mol. The molecule has 0 saturated carbocycles. The molecule has 3 atom stereocenters. The Kier molecular flexibility index (Phi) is 7.66. The fourth-order valence-electron chi connectivity index (χ4n) is 4.35. The summed E-state index contributed by atoms with van der Waals surface area (Å²) in [5, 5.41) is 0. The van der Waals surface area contributed by atoms with E-state index in [1.165, 1.54) is 31.3 Å². The summed E-state index contributed by atoms with van der Waals surface area (Å²) in [6.07, 6.45) is -13.4. The van der Waals surface area contributed by atoms with Gasteiger partial charge in [0.05, 0.1) is 37.6 Å². The van der Waals surface area contributed by atoms with Crippen LogP contribution in [0.4, 0.5) is 41.2 Å². The van der Waals surface area contributed by atoms with Gasteiger partial charge in [-0.25, -0.2) is 9.18 Å². The molecule has 0 unspecified atom stereocenters. The number of rotatable bonds is 5. The van der Waals surface area contributed by atoms with Gasteiger partial charge in [-0.15, -0.1) is 0 Å². The number of methoxy groups -OCH3 is 2. The summed E-state index contributed by atoms with van der Waals surface area (Å²) in [4.78, 5) is 13.9. The first-order valence-corrected chi connectivity index (χ1v) is 10.9. The van der Waals surface area contributed by atoms with Crippen molar-refractivity contribution >= 4 is 11.8 Å². The zero-order valence-corrected chi connectivity index (χ0v) is 19.8. The number of hydrogen-bond donors (Lipinski definition) is 0. The predicted octanol–water partition coefficient (Wildman–Crippen LogP) is 7.29. The number of carbonyl (C=O) groups is 1. The summed E-state index contributed by atoms with van der Waals surface area (Å²) >= 11 is 0. The van der Waals surface area contributed by atoms with Gasteiger partial charge >= 0.3 is 18.4 Å². The van der Waals surface area contributed by atoms with Gasteiger partial charge in [0.25, 0.3) is 0 Å². The number of amides is 1. The van der Waals surface area contributed by atoms with E-state index in [4.69, 9.17) is 14.2 Å². The van der Waals surface area contributed by atoms with Crippen molar-refractivity contribution in [3.63, 3.8) is 0 Å². The van der Waals surface area contributed by atoms with Crippen LogP contribution in [0.15, 0.2) is 30.3 Å². The zero-order chi connectivity index (χ0) is 27.0. The molecule has 2 aromatic rings. The zero-order valence-electron chi connectivity index (χ0n) is 19.8. The number of carbonyl (C=O) groups excluding carboxylic acids is 1. The Morgan fingerprint density at radius 2 is 1.50 bits per heavy atom. The predicted molar refractivity (Wildman–Crippen MR) is 116 cm³/mol. The molecule has 1 aliphatic heterocycles. The van der Waals surface area contributed by atoms with Gasteiger partial charge in [-0.1, -0.05) is 0 Å². The largest absolute Gasteiger partial charge is 0.493 e. The molecule has 12 heteroatoms. The number of alkyl halides is 7. The third kappa shape index (κ3) is 5.31. The van der Waals surface area contributed by atoms with E-state index in [2.05, 4.69) is 0 Å². The first-order chi connectivity index (χ1) is 16.7. The highest BCUT2D eigenvalue weighted by Crippen LogP contribution is 2.51. The van der Waals surface area contributed by atoms with Crippen LogP contribution in [0.5, 0.6) is 11.5 Å². The van der Waals surface area contributed by atoms with Crippen LogP contribution in [-0.4, -0.2) is 33.0 Å². The second kappa shape index (κ2) is 10.1. The van der Waals surface area contributed by atoms with E-state index < -0.39 is 53.3 Å². The molecule has 0 fully saturated rings. The number of anilines is 1. The van der Waals surface area contributed by atoms with Gasteiger partial charge in [0, 0.05) is 18.0 Å². The molecular formula is C24H24F7NO4. The summed E-state index contributed by atoms with van der Waals surface area (Å²) in [6, 6.07) is 2.76. The maximum Gasteiger partial charge on any atom is 0.416 e. The van der Waals surface area contributed by atoms with E-state index in [9.17, 15) is 31.1 Å². The Labute approximate surface area is 202 Å². The number of hydrogen-bond acceptors (Lipinski definition) is 4. The molecule has 1 amide bonds. The van der Waals surface area contributed by atoms with Crippen LogP contribution in [-0.2, 0) is 17.1 Å². The van der Waals surface area contributed by atoms with Crippen molar-refractivity contribution in [1.82, 2.24) is 0 Å². The van der Waals surface area contributed by atoms with Crippen LogP contribution < -0.4 is 14.4 Å². The Morgan fingerprint density at radius 3 is 1.97 bits per heavy atom. The minimum Gasteiger partial charge on any atom is -0.493 e. The lowest BCUT2D eigenvalue weighted by atomic mass is 9.80. The first-order valence-electron chi connectivity index (χ1n) is 10.9. The van der Waals surface area contributed by atoms with E-state index in [0.29, 0.717) is 12.1 Å². The highest BCUT2D eigenvalue weighted by atomic mass is 19.4. The van der Waals surface area contributed by atoms with Crippen LogP contribution in [0.1, 0.15) is 54.6 Å². The molecule has 0 saturated heterocycles. The van der Waals surface area contributed by atoms with Crippen molar-refractivity contribution in [2.45, 2.75) is 50.8 Å². The highest BCUT2D eigenvalue weighted by Gasteiger charge is 2.42. The van der Waals surface area contributed by atoms with E-state index in [-0.39, 0.29) is 41.8 Å². The molecule has 36 heavy (non-hydrogen) atoms. The maximum absolute atomic E-state index is 16.0. The summed E-state index contributed by atoms with van der Waals surface area (Å²) in [5.74, 6) is -0.871. The molecule has 0 bridgehead atoms. The third-order valence-electron chi connectivity index (χ3n) is 5.97. The number of ether oxygens (including phenoxy) is 3. The molecule has 0 radical (unpaired) electrons. The van der Waals surface area contributed by atoms with E-state index in [1.54, 1.807) is 13.8 Å². The molecule has 198 valence electrons. The number of halogens is 7. The van der Waals surface area contributed by atoms with Crippen molar-refractivity contribution in [3.8, 4) is 11.5 Å². The van der Waals surface area contributed by atoms with Crippen LogP contribution in [0.3, 0.4) is 0 Å². The van der Waals surface area contributed by atoms with Crippen molar-refractivity contribution < 1.29 is 49.7 Å². The maximum atomic E-state index is 16.0. The third-order valence-corrected chi connectivity index (χ3v) is 5.97. The van der Waals surface area contributed by atoms with Gasteiger partial charge < -0.3 is 14.2 Å². The average molecular weight is 523 g/mol. The van der Waals surface area contributed by atoms with Crippen LogP contribution >= 0.6 is 0 Å². The minimum absolute atomic E-state index is 0.0459. The lowest BCUT2D eigenvalue weighted by molar-refractivity contribution is -0.143. The van der Waals surface area contributed by atoms with Crippen molar-refractivity contribution in [2.75, 3.05) is 25.7 Å². The van der Waals surface area contributed by atoms with Gasteiger partial charge in [-0.2, -0.15) is 26.3 Å². The second-order valence-electron chi connectivity index (χ2n) is 8.27. The number of nitrogens with zero attached hydrogens (tertiary/aromatic N) is 1. The summed E-state index contributed by atoms with van der Waals surface area (Å²) < 4.78 is 112. The number of fused-ring (bicyclic) bond motifs is 1. The van der Waals surface area contributed by atoms with Crippen LogP contribution in [0.2, 0.25) is 0 Å². The Bertz CT molecular complexity index is 1080. The Balaban J connectivity index is 2.20. The molecule has 3 rings (SSSR count). The average Bonchev–Trinajstić information content (AvgIpc) is 2.80. The molecule has 0 N–H and O–H groups in total. The van der Waals surface area contributed by atoms with Crippen molar-refractivity contribution in [1.29, 1.82) is 0 Å². The fourth-order valence-corrected chi connectivity index (χ4v) is 4.35. The van der Waals surface area contributed by atoms with E-state index in [0.717, 1.165) is 0 Å². The second-order valence-corrected chi connectivity index (χ2v) is 8.27. The minimum atomic E-state index is -5.12. The number of benzene rings is 2. The van der Waals surface area contributed by atoms with Crippen LogP contribution in [0.25, 0.3) is 0 Å². The first kappa shape index (κ1) is 27.4. The lowest BCUT2D eigenvalue weighted by Crippen LogP contribution is -2.44. The Morgan fingerprint density at radius 1 is 0.972 bits per heavy atom. The molecule has 5 nitrogen and oxygen atoms in total. The monoisotopic (exact) mass is 523 g/mol. The van der Waals surface area contributed by atoms with Gasteiger partial charge in [0.1, 0.15) is 6.17 Å². The van der Waals surface area contributed by atoms with Gasteiger partial charge in [-0.3, -0.25) is 4.90 Å².